The second-order valence-electron chi connectivity index (χ2n) is 7.78. The summed E-state index contributed by atoms with van der Waals surface area (Å²) in [6.45, 7) is 3.69. The summed E-state index contributed by atoms with van der Waals surface area (Å²) in [6.07, 6.45) is 0.219. The molecule has 4 rings (SSSR count). The molecule has 2 aliphatic heterocycles. The number of benzene rings is 2. The minimum Gasteiger partial charge on any atom is -0.487 e. The second-order valence-corrected chi connectivity index (χ2v) is 7.78. The van der Waals surface area contributed by atoms with Crippen LogP contribution >= 0.6 is 0 Å². The monoisotopic (exact) mass is 392 g/mol. The van der Waals surface area contributed by atoms with E-state index in [9.17, 15) is 19.2 Å². The molecule has 2 heterocycles. The Hall–Kier alpha value is -3.48. The molecule has 0 saturated carbocycles. The Bertz CT molecular complexity index is 1020. The second kappa shape index (κ2) is 6.84. The molecule has 0 spiro atoms. The van der Waals surface area contributed by atoms with E-state index in [1.54, 1.807) is 42.5 Å². The van der Waals surface area contributed by atoms with E-state index in [1.165, 1.54) is 0 Å². The molecule has 3 amide bonds. The van der Waals surface area contributed by atoms with Crippen molar-refractivity contribution in [2.75, 3.05) is 11.9 Å². The quantitative estimate of drug-likeness (QED) is 0.808. The van der Waals surface area contributed by atoms with Crippen LogP contribution in [-0.4, -0.2) is 40.6 Å². The number of hydrogen-bond donors (Lipinski definition) is 1. The van der Waals surface area contributed by atoms with Crippen molar-refractivity contribution >= 4 is 29.2 Å². The fourth-order valence-corrected chi connectivity index (χ4v) is 3.61. The molecule has 0 radical (unpaired) electrons. The van der Waals surface area contributed by atoms with Gasteiger partial charge in [-0.3, -0.25) is 24.1 Å². The van der Waals surface area contributed by atoms with Gasteiger partial charge < -0.3 is 10.1 Å². The number of hydrogen-bond acceptors (Lipinski definition) is 5. The van der Waals surface area contributed by atoms with Crippen molar-refractivity contribution in [2.45, 2.75) is 32.3 Å². The highest BCUT2D eigenvalue weighted by Gasteiger charge is 2.35. The van der Waals surface area contributed by atoms with Gasteiger partial charge in [-0.1, -0.05) is 12.1 Å². The molecule has 0 unspecified atom stereocenters. The molecule has 0 bridgehead atoms. The molecule has 148 valence electrons. The van der Waals surface area contributed by atoms with Crippen LogP contribution in [0.15, 0.2) is 42.5 Å². The number of ether oxygens (including phenoxy) is 1. The minimum atomic E-state index is -0.554. The van der Waals surface area contributed by atoms with E-state index in [0.29, 0.717) is 28.1 Å². The van der Waals surface area contributed by atoms with Gasteiger partial charge in [0.2, 0.25) is 5.91 Å². The Balaban J connectivity index is 1.40. The molecule has 0 atom stereocenters. The van der Waals surface area contributed by atoms with Crippen LogP contribution in [0.2, 0.25) is 0 Å². The highest BCUT2D eigenvalue weighted by molar-refractivity contribution is 6.21. The summed E-state index contributed by atoms with van der Waals surface area (Å²) in [5.74, 6) is -0.685. The summed E-state index contributed by atoms with van der Waals surface area (Å²) in [4.78, 5) is 50.5. The molecule has 7 nitrogen and oxygen atoms in total. The van der Waals surface area contributed by atoms with Crippen molar-refractivity contribution in [1.29, 1.82) is 0 Å². The van der Waals surface area contributed by atoms with Gasteiger partial charge in [0.1, 0.15) is 11.4 Å². The molecule has 1 N–H and O–H groups in total. The number of Topliss-reactive ketones (excluding diaryl/α,β-unsaturated/α-hetero) is 1. The number of carbonyl (C=O) groups is 4. The fraction of sp³-hybridized carbons (Fsp3) is 0.273. The SMILES string of the molecule is CC1(C)CC(=O)c2cc(NC(=O)CCN3C(=O)c4ccccc4C3=O)ccc2O1. The van der Waals surface area contributed by atoms with Crippen LogP contribution in [0.25, 0.3) is 0 Å². The van der Waals surface area contributed by atoms with Gasteiger partial charge >= 0.3 is 0 Å². The number of nitrogens with zero attached hydrogens (tertiary/aromatic N) is 1. The van der Waals surface area contributed by atoms with Crippen molar-refractivity contribution in [2.24, 2.45) is 0 Å². The highest BCUT2D eigenvalue weighted by atomic mass is 16.5. The van der Waals surface area contributed by atoms with E-state index < -0.39 is 17.4 Å². The first kappa shape index (κ1) is 18.9. The number of fused-ring (bicyclic) bond motifs is 2. The number of amides is 3. The minimum absolute atomic E-state index is 0.0145. The van der Waals surface area contributed by atoms with Crippen molar-refractivity contribution < 1.29 is 23.9 Å². The van der Waals surface area contributed by atoms with Gasteiger partial charge in [-0.15, -0.1) is 0 Å². The molecule has 0 fully saturated rings. The summed E-state index contributed by atoms with van der Waals surface area (Å²) in [5, 5.41) is 2.71. The van der Waals surface area contributed by atoms with E-state index in [0.717, 1.165) is 4.90 Å². The zero-order valence-corrected chi connectivity index (χ0v) is 16.2. The number of nitrogens with one attached hydrogen (secondary N) is 1. The van der Waals surface area contributed by atoms with E-state index in [-0.39, 0.29) is 31.1 Å². The third kappa shape index (κ3) is 3.51. The van der Waals surface area contributed by atoms with E-state index in [2.05, 4.69) is 5.32 Å². The molecule has 0 aromatic heterocycles. The number of rotatable bonds is 4. The molecule has 29 heavy (non-hydrogen) atoms. The fourth-order valence-electron chi connectivity index (χ4n) is 3.61. The molecular weight excluding hydrogens is 372 g/mol. The van der Waals surface area contributed by atoms with E-state index in [1.807, 2.05) is 13.8 Å². The summed E-state index contributed by atoms with van der Waals surface area (Å²) < 4.78 is 5.80. The largest absolute Gasteiger partial charge is 0.487 e. The normalized spacial score (nSPS) is 16.9. The maximum atomic E-state index is 12.3. The van der Waals surface area contributed by atoms with Crippen LogP contribution in [-0.2, 0) is 4.79 Å². The van der Waals surface area contributed by atoms with Crippen LogP contribution in [0.5, 0.6) is 5.75 Å². The molecule has 0 aliphatic carbocycles. The summed E-state index contributed by atoms with van der Waals surface area (Å²) in [7, 11) is 0. The molecular formula is C22H20N2O5. The van der Waals surface area contributed by atoms with Crippen LogP contribution in [0.3, 0.4) is 0 Å². The lowest BCUT2D eigenvalue weighted by Gasteiger charge is -2.31. The average Bonchev–Trinajstić information content (AvgIpc) is 2.91. The maximum Gasteiger partial charge on any atom is 0.261 e. The van der Waals surface area contributed by atoms with Crippen LogP contribution in [0.4, 0.5) is 5.69 Å². The lowest BCUT2D eigenvalue weighted by atomic mass is 9.93. The van der Waals surface area contributed by atoms with Gasteiger partial charge in [0.15, 0.2) is 5.78 Å². The Labute approximate surface area is 167 Å². The first-order chi connectivity index (χ1) is 13.7. The predicted octanol–water partition coefficient (Wildman–Crippen LogP) is 3.06. The van der Waals surface area contributed by atoms with Crippen molar-refractivity contribution in [3.63, 3.8) is 0 Å². The van der Waals surface area contributed by atoms with Gasteiger partial charge in [-0.25, -0.2) is 0 Å². The van der Waals surface area contributed by atoms with Crippen molar-refractivity contribution in [1.82, 2.24) is 4.90 Å². The number of carbonyl (C=O) groups excluding carboxylic acids is 4. The van der Waals surface area contributed by atoms with Gasteiger partial charge in [0, 0.05) is 18.7 Å². The third-order valence-electron chi connectivity index (χ3n) is 4.98. The van der Waals surface area contributed by atoms with Gasteiger partial charge in [-0.05, 0) is 44.2 Å². The Morgan fingerprint density at radius 1 is 1.03 bits per heavy atom. The summed E-state index contributed by atoms with van der Waals surface area (Å²) in [6, 6.07) is 11.5. The molecule has 2 aromatic rings. The zero-order valence-electron chi connectivity index (χ0n) is 16.2. The zero-order chi connectivity index (χ0) is 20.8. The average molecular weight is 392 g/mol. The predicted molar refractivity (Wildman–Crippen MR) is 105 cm³/mol. The maximum absolute atomic E-state index is 12.3. The van der Waals surface area contributed by atoms with E-state index in [4.69, 9.17) is 4.74 Å². The molecule has 7 heteroatoms. The van der Waals surface area contributed by atoms with Crippen molar-refractivity contribution in [3.8, 4) is 5.75 Å². The lowest BCUT2D eigenvalue weighted by Crippen LogP contribution is -2.36. The van der Waals surface area contributed by atoms with Crippen LogP contribution in [0, 0.1) is 0 Å². The first-order valence-electron chi connectivity index (χ1n) is 9.36. The topological polar surface area (TPSA) is 92.8 Å². The van der Waals surface area contributed by atoms with Crippen molar-refractivity contribution in [3.05, 3.63) is 59.2 Å². The van der Waals surface area contributed by atoms with Gasteiger partial charge in [0.05, 0.1) is 23.1 Å². The third-order valence-corrected chi connectivity index (χ3v) is 4.98. The number of ketones is 1. The van der Waals surface area contributed by atoms with E-state index >= 15 is 0 Å². The number of anilines is 1. The molecule has 2 aliphatic rings. The Kier molecular flexibility index (Phi) is 4.45. The van der Waals surface area contributed by atoms with Crippen LogP contribution < -0.4 is 10.1 Å². The molecule has 2 aromatic carbocycles. The van der Waals surface area contributed by atoms with Gasteiger partial charge in [-0.2, -0.15) is 0 Å². The summed E-state index contributed by atoms with van der Waals surface area (Å²) in [5.41, 5.74) is 1.06. The Morgan fingerprint density at radius 2 is 1.69 bits per heavy atom. The summed E-state index contributed by atoms with van der Waals surface area (Å²) >= 11 is 0. The Morgan fingerprint density at radius 3 is 2.34 bits per heavy atom. The smallest absolute Gasteiger partial charge is 0.261 e. The van der Waals surface area contributed by atoms with Gasteiger partial charge in [0.25, 0.3) is 11.8 Å². The standard InChI is InChI=1S/C22H20N2O5/c1-22(2)12-17(25)16-11-13(7-8-18(16)29-22)23-19(26)9-10-24-20(27)14-5-3-4-6-15(14)21(24)28/h3-8,11H,9-10,12H2,1-2H3,(H,23,26). The number of imide groups is 1. The lowest BCUT2D eigenvalue weighted by molar-refractivity contribution is -0.116. The molecule has 0 saturated heterocycles. The van der Waals surface area contributed by atoms with Crippen LogP contribution in [0.1, 0.15) is 57.8 Å². The first-order valence-corrected chi connectivity index (χ1v) is 9.36. The highest BCUT2D eigenvalue weighted by Crippen LogP contribution is 2.34.